The number of aryl methyl sites for hydroxylation is 1. The molecule has 1 aromatic carbocycles. The van der Waals surface area contributed by atoms with E-state index in [0.29, 0.717) is 22.9 Å². The van der Waals surface area contributed by atoms with Gasteiger partial charge in [-0.05, 0) is 31.2 Å². The molecule has 6 heteroatoms. The lowest BCUT2D eigenvalue weighted by Crippen LogP contribution is -2.31. The smallest absolute Gasteiger partial charge is 0.282 e. The number of benzene rings is 1. The first kappa shape index (κ1) is 15.0. The highest BCUT2D eigenvalue weighted by Gasteiger charge is 2.27. The van der Waals surface area contributed by atoms with Gasteiger partial charge < -0.3 is 5.32 Å². The van der Waals surface area contributed by atoms with Crippen molar-refractivity contribution < 1.29 is 9.72 Å². The topological polar surface area (TPSA) is 72.2 Å². The summed E-state index contributed by atoms with van der Waals surface area (Å²) < 4.78 is 0. The van der Waals surface area contributed by atoms with Crippen molar-refractivity contribution in [2.75, 3.05) is 6.54 Å². The van der Waals surface area contributed by atoms with E-state index in [4.69, 9.17) is 0 Å². The molecule has 2 unspecified atom stereocenters. The highest BCUT2D eigenvalue weighted by Crippen LogP contribution is 2.31. The van der Waals surface area contributed by atoms with Crippen LogP contribution >= 0.6 is 15.9 Å². The molecule has 20 heavy (non-hydrogen) atoms. The molecule has 2 rings (SSSR count). The van der Waals surface area contributed by atoms with E-state index >= 15 is 0 Å². The molecule has 0 aromatic heterocycles. The highest BCUT2D eigenvalue weighted by atomic mass is 79.9. The lowest BCUT2D eigenvalue weighted by molar-refractivity contribution is -0.385. The maximum Gasteiger partial charge on any atom is 0.282 e. The molecule has 0 bridgehead atoms. The molecular weight excluding hydrogens is 324 g/mol. The van der Waals surface area contributed by atoms with Gasteiger partial charge in [-0.3, -0.25) is 14.9 Å². The van der Waals surface area contributed by atoms with E-state index in [1.807, 2.05) is 0 Å². The van der Waals surface area contributed by atoms with Crippen molar-refractivity contribution in [1.82, 2.24) is 5.32 Å². The van der Waals surface area contributed by atoms with Gasteiger partial charge in [0.05, 0.1) is 4.92 Å². The average Bonchev–Trinajstić information content (AvgIpc) is 2.81. The number of alkyl halides is 1. The third kappa shape index (κ3) is 3.17. The van der Waals surface area contributed by atoms with Gasteiger partial charge in [-0.25, -0.2) is 0 Å². The van der Waals surface area contributed by atoms with Gasteiger partial charge in [0, 0.05) is 17.4 Å². The fourth-order valence-corrected chi connectivity index (χ4v) is 3.41. The minimum absolute atomic E-state index is 0.135. The number of hydrogen-bond donors (Lipinski definition) is 1. The van der Waals surface area contributed by atoms with E-state index in [0.717, 1.165) is 19.3 Å². The first-order valence-corrected chi connectivity index (χ1v) is 7.58. The van der Waals surface area contributed by atoms with Crippen LogP contribution in [0.15, 0.2) is 18.2 Å². The Kier molecular flexibility index (Phi) is 4.75. The summed E-state index contributed by atoms with van der Waals surface area (Å²) >= 11 is 3.60. The third-order valence-corrected chi connectivity index (χ3v) is 4.97. The number of nitrogens with zero attached hydrogens (tertiary/aromatic N) is 1. The Morgan fingerprint density at radius 2 is 2.25 bits per heavy atom. The second kappa shape index (κ2) is 6.35. The predicted octanol–water partition coefficient (Wildman–Crippen LogP) is 3.20. The van der Waals surface area contributed by atoms with E-state index in [1.54, 1.807) is 19.1 Å². The molecular formula is C14H17BrN2O3. The molecule has 1 aliphatic carbocycles. The standard InChI is InChI=1S/C14H17BrN2O3/c1-9-4-2-7-12(17(19)20)13(9)14(18)16-8-10-5-3-6-11(10)15/h2,4,7,10-11H,3,5-6,8H2,1H3,(H,16,18). The van der Waals surface area contributed by atoms with Crippen molar-refractivity contribution in [3.63, 3.8) is 0 Å². The van der Waals surface area contributed by atoms with E-state index in [-0.39, 0.29) is 17.2 Å². The zero-order valence-electron chi connectivity index (χ0n) is 11.3. The van der Waals surface area contributed by atoms with Crippen molar-refractivity contribution in [2.45, 2.75) is 31.0 Å². The summed E-state index contributed by atoms with van der Waals surface area (Å²) in [6, 6.07) is 4.67. The quantitative estimate of drug-likeness (QED) is 0.519. The number of carbonyl (C=O) groups excluding carboxylic acids is 1. The molecule has 1 fully saturated rings. The lowest BCUT2D eigenvalue weighted by atomic mass is 10.0. The predicted molar refractivity (Wildman–Crippen MR) is 80.2 cm³/mol. The maximum absolute atomic E-state index is 12.2. The van der Waals surface area contributed by atoms with Crippen molar-refractivity contribution in [3.05, 3.63) is 39.4 Å². The van der Waals surface area contributed by atoms with Crippen molar-refractivity contribution in [2.24, 2.45) is 5.92 Å². The fourth-order valence-electron chi connectivity index (χ4n) is 2.63. The number of amides is 1. The molecule has 1 aliphatic rings. The normalized spacial score (nSPS) is 21.7. The average molecular weight is 341 g/mol. The molecule has 108 valence electrons. The molecule has 0 saturated heterocycles. The zero-order chi connectivity index (χ0) is 14.7. The number of nitrogens with one attached hydrogen (secondary N) is 1. The van der Waals surface area contributed by atoms with Crippen LogP contribution < -0.4 is 5.32 Å². The van der Waals surface area contributed by atoms with Crippen LogP contribution in [-0.2, 0) is 0 Å². The van der Waals surface area contributed by atoms with Gasteiger partial charge >= 0.3 is 0 Å². The molecule has 0 aliphatic heterocycles. The number of rotatable bonds is 4. The summed E-state index contributed by atoms with van der Waals surface area (Å²) in [4.78, 5) is 23.1. The second-order valence-electron chi connectivity index (χ2n) is 5.14. The largest absolute Gasteiger partial charge is 0.351 e. The Morgan fingerprint density at radius 3 is 2.85 bits per heavy atom. The first-order valence-electron chi connectivity index (χ1n) is 6.67. The second-order valence-corrected chi connectivity index (χ2v) is 6.32. The molecule has 0 radical (unpaired) electrons. The summed E-state index contributed by atoms with van der Waals surface area (Å²) in [5.74, 6) is 0.0448. The van der Waals surface area contributed by atoms with Crippen molar-refractivity contribution >= 4 is 27.5 Å². The molecule has 5 nitrogen and oxygen atoms in total. The van der Waals surface area contributed by atoms with Gasteiger partial charge in [0.25, 0.3) is 11.6 Å². The number of carbonyl (C=O) groups is 1. The Bertz CT molecular complexity index is 533. The summed E-state index contributed by atoms with van der Waals surface area (Å²) in [5.41, 5.74) is 0.657. The lowest BCUT2D eigenvalue weighted by Gasteiger charge is -2.15. The van der Waals surface area contributed by atoms with Crippen LogP contribution in [0.1, 0.15) is 35.2 Å². The molecule has 1 aromatic rings. The molecule has 1 saturated carbocycles. The van der Waals surface area contributed by atoms with Crippen LogP contribution in [0.4, 0.5) is 5.69 Å². The number of nitro groups is 1. The Hall–Kier alpha value is -1.43. The number of halogens is 1. The van der Waals surface area contributed by atoms with Crippen LogP contribution in [0, 0.1) is 23.0 Å². The third-order valence-electron chi connectivity index (χ3n) is 3.77. The molecule has 1 amide bonds. The van der Waals surface area contributed by atoms with Crippen LogP contribution in [0.5, 0.6) is 0 Å². The minimum atomic E-state index is -0.509. The van der Waals surface area contributed by atoms with E-state index in [2.05, 4.69) is 21.2 Å². The van der Waals surface area contributed by atoms with Gasteiger partial charge in [0.15, 0.2) is 0 Å². The Morgan fingerprint density at radius 1 is 1.50 bits per heavy atom. The summed E-state index contributed by atoms with van der Waals surface area (Å²) in [6.45, 7) is 2.27. The number of nitro benzene ring substituents is 1. The van der Waals surface area contributed by atoms with Crippen LogP contribution in [0.2, 0.25) is 0 Å². The highest BCUT2D eigenvalue weighted by molar-refractivity contribution is 9.09. The summed E-state index contributed by atoms with van der Waals surface area (Å²) in [6.07, 6.45) is 3.35. The van der Waals surface area contributed by atoms with Gasteiger partial charge in [0.2, 0.25) is 0 Å². The Labute approximate surface area is 126 Å². The number of hydrogen-bond acceptors (Lipinski definition) is 3. The van der Waals surface area contributed by atoms with Crippen LogP contribution in [0.3, 0.4) is 0 Å². The summed E-state index contributed by atoms with van der Waals surface area (Å²) in [5, 5.41) is 13.8. The van der Waals surface area contributed by atoms with Crippen molar-refractivity contribution in [1.29, 1.82) is 0 Å². The van der Waals surface area contributed by atoms with Crippen LogP contribution in [-0.4, -0.2) is 22.2 Å². The van der Waals surface area contributed by atoms with Gasteiger partial charge in [-0.2, -0.15) is 0 Å². The molecule has 2 atom stereocenters. The first-order chi connectivity index (χ1) is 9.50. The SMILES string of the molecule is Cc1cccc([N+](=O)[O-])c1C(=O)NCC1CCCC1Br. The Balaban J connectivity index is 2.11. The van der Waals surface area contributed by atoms with E-state index in [1.165, 1.54) is 6.07 Å². The van der Waals surface area contributed by atoms with Crippen molar-refractivity contribution in [3.8, 4) is 0 Å². The minimum Gasteiger partial charge on any atom is -0.351 e. The maximum atomic E-state index is 12.2. The molecule has 0 heterocycles. The fraction of sp³-hybridized carbons (Fsp3) is 0.500. The van der Waals surface area contributed by atoms with E-state index < -0.39 is 4.92 Å². The van der Waals surface area contributed by atoms with Gasteiger partial charge in [-0.15, -0.1) is 0 Å². The molecule has 0 spiro atoms. The van der Waals surface area contributed by atoms with Gasteiger partial charge in [0.1, 0.15) is 5.56 Å². The monoisotopic (exact) mass is 340 g/mol. The van der Waals surface area contributed by atoms with E-state index in [9.17, 15) is 14.9 Å². The summed E-state index contributed by atoms with van der Waals surface area (Å²) in [7, 11) is 0. The van der Waals surface area contributed by atoms with Crippen LogP contribution in [0.25, 0.3) is 0 Å². The van der Waals surface area contributed by atoms with Gasteiger partial charge in [-0.1, -0.05) is 34.5 Å². The molecule has 1 N–H and O–H groups in total. The zero-order valence-corrected chi connectivity index (χ0v) is 12.9.